The smallest absolute Gasteiger partial charge is 0.305 e. The molecular formula is C11H19N3O2. The largest absolute Gasteiger partial charge is 0.466 e. The zero-order chi connectivity index (χ0) is 11.8. The Morgan fingerprint density at radius 3 is 2.94 bits per heavy atom. The Morgan fingerprint density at radius 1 is 1.50 bits per heavy atom. The SMILES string of the molecule is CCOC(=O)CCCCCn1ccc(N)n1. The van der Waals surface area contributed by atoms with Crippen LogP contribution >= 0.6 is 0 Å². The summed E-state index contributed by atoms with van der Waals surface area (Å²) in [5.74, 6) is 0.442. The highest BCUT2D eigenvalue weighted by Gasteiger charge is 2.01. The summed E-state index contributed by atoms with van der Waals surface area (Å²) in [7, 11) is 0. The van der Waals surface area contributed by atoms with Crippen LogP contribution in [0, 0.1) is 0 Å². The standard InChI is InChI=1S/C11H19N3O2/c1-2-16-11(15)6-4-3-5-8-14-9-7-10(12)13-14/h7,9H,2-6,8H2,1H3,(H2,12,13). The van der Waals surface area contributed by atoms with Crippen molar-refractivity contribution in [3.8, 4) is 0 Å². The van der Waals surface area contributed by atoms with Crippen LogP contribution in [0.3, 0.4) is 0 Å². The van der Waals surface area contributed by atoms with Crippen molar-refractivity contribution in [2.24, 2.45) is 0 Å². The summed E-state index contributed by atoms with van der Waals surface area (Å²) < 4.78 is 6.66. The molecule has 0 saturated heterocycles. The summed E-state index contributed by atoms with van der Waals surface area (Å²) in [4.78, 5) is 11.0. The lowest BCUT2D eigenvalue weighted by Crippen LogP contribution is -2.04. The number of unbranched alkanes of at least 4 members (excludes halogenated alkanes) is 2. The Bertz CT molecular complexity index is 323. The molecule has 2 N–H and O–H groups in total. The Balaban J connectivity index is 2.02. The molecule has 0 bridgehead atoms. The predicted molar refractivity (Wildman–Crippen MR) is 61.7 cm³/mol. The molecule has 0 aliphatic carbocycles. The minimum Gasteiger partial charge on any atom is -0.466 e. The molecule has 0 aromatic carbocycles. The van der Waals surface area contributed by atoms with Gasteiger partial charge in [0.05, 0.1) is 6.61 Å². The lowest BCUT2D eigenvalue weighted by molar-refractivity contribution is -0.143. The van der Waals surface area contributed by atoms with Gasteiger partial charge in [0.2, 0.25) is 0 Å². The molecule has 0 fully saturated rings. The second kappa shape index (κ2) is 6.87. The van der Waals surface area contributed by atoms with Gasteiger partial charge in [-0.2, -0.15) is 5.10 Å². The van der Waals surface area contributed by atoms with Gasteiger partial charge in [-0.25, -0.2) is 0 Å². The number of carbonyl (C=O) groups excluding carboxylic acids is 1. The minimum absolute atomic E-state index is 0.106. The van der Waals surface area contributed by atoms with Crippen LogP contribution < -0.4 is 5.73 Å². The van der Waals surface area contributed by atoms with Gasteiger partial charge in [0.1, 0.15) is 5.82 Å². The maximum absolute atomic E-state index is 11.0. The molecule has 16 heavy (non-hydrogen) atoms. The first kappa shape index (κ1) is 12.5. The van der Waals surface area contributed by atoms with E-state index in [0.29, 0.717) is 18.8 Å². The first-order valence-electron chi connectivity index (χ1n) is 5.67. The second-order valence-corrected chi connectivity index (χ2v) is 3.62. The molecule has 1 heterocycles. The van der Waals surface area contributed by atoms with E-state index in [2.05, 4.69) is 5.10 Å². The number of nitrogens with two attached hydrogens (primary N) is 1. The molecule has 0 radical (unpaired) electrons. The van der Waals surface area contributed by atoms with Crippen molar-refractivity contribution in [1.29, 1.82) is 0 Å². The summed E-state index contributed by atoms with van der Waals surface area (Å²) >= 11 is 0. The maximum Gasteiger partial charge on any atom is 0.305 e. The summed E-state index contributed by atoms with van der Waals surface area (Å²) in [5.41, 5.74) is 5.49. The fourth-order valence-corrected chi connectivity index (χ4v) is 1.45. The van der Waals surface area contributed by atoms with E-state index in [0.717, 1.165) is 25.8 Å². The molecule has 5 nitrogen and oxygen atoms in total. The van der Waals surface area contributed by atoms with Crippen molar-refractivity contribution in [2.75, 3.05) is 12.3 Å². The molecule has 1 rings (SSSR count). The normalized spacial score (nSPS) is 10.3. The molecule has 0 saturated carbocycles. The monoisotopic (exact) mass is 225 g/mol. The summed E-state index contributed by atoms with van der Waals surface area (Å²) in [6.07, 6.45) is 5.24. The number of aryl methyl sites for hydroxylation is 1. The van der Waals surface area contributed by atoms with Gasteiger partial charge in [-0.05, 0) is 25.8 Å². The first-order valence-corrected chi connectivity index (χ1v) is 5.67. The van der Waals surface area contributed by atoms with E-state index in [1.165, 1.54) is 0 Å². The van der Waals surface area contributed by atoms with E-state index in [9.17, 15) is 4.79 Å². The number of rotatable bonds is 7. The van der Waals surface area contributed by atoms with Gasteiger partial charge in [0.25, 0.3) is 0 Å². The van der Waals surface area contributed by atoms with Crippen LogP contribution in [0.4, 0.5) is 5.82 Å². The van der Waals surface area contributed by atoms with E-state index in [1.54, 1.807) is 6.07 Å². The fourth-order valence-electron chi connectivity index (χ4n) is 1.45. The van der Waals surface area contributed by atoms with Gasteiger partial charge < -0.3 is 10.5 Å². The number of nitrogen functional groups attached to an aromatic ring is 1. The Morgan fingerprint density at radius 2 is 2.31 bits per heavy atom. The minimum atomic E-state index is -0.106. The van der Waals surface area contributed by atoms with Crippen LogP contribution in [-0.4, -0.2) is 22.4 Å². The van der Waals surface area contributed by atoms with Crippen molar-refractivity contribution < 1.29 is 9.53 Å². The van der Waals surface area contributed by atoms with Gasteiger partial charge >= 0.3 is 5.97 Å². The molecule has 0 unspecified atom stereocenters. The Hall–Kier alpha value is -1.52. The topological polar surface area (TPSA) is 70.1 Å². The quantitative estimate of drug-likeness (QED) is 0.565. The third-order valence-corrected chi connectivity index (χ3v) is 2.23. The van der Waals surface area contributed by atoms with Crippen molar-refractivity contribution in [2.45, 2.75) is 39.2 Å². The van der Waals surface area contributed by atoms with Gasteiger partial charge in [-0.3, -0.25) is 9.48 Å². The second-order valence-electron chi connectivity index (χ2n) is 3.62. The van der Waals surface area contributed by atoms with Crippen molar-refractivity contribution in [1.82, 2.24) is 9.78 Å². The summed E-state index contributed by atoms with van der Waals surface area (Å²) in [6, 6.07) is 1.78. The number of anilines is 1. The number of hydrogen-bond acceptors (Lipinski definition) is 4. The summed E-state index contributed by atoms with van der Waals surface area (Å²) in [6.45, 7) is 3.13. The van der Waals surface area contributed by atoms with E-state index >= 15 is 0 Å². The Labute approximate surface area is 95.6 Å². The highest BCUT2D eigenvalue weighted by atomic mass is 16.5. The zero-order valence-electron chi connectivity index (χ0n) is 9.69. The highest BCUT2D eigenvalue weighted by molar-refractivity contribution is 5.69. The van der Waals surface area contributed by atoms with Gasteiger partial charge in [0, 0.05) is 19.2 Å². The van der Waals surface area contributed by atoms with Crippen molar-refractivity contribution >= 4 is 11.8 Å². The molecule has 90 valence electrons. The molecule has 0 atom stereocenters. The highest BCUT2D eigenvalue weighted by Crippen LogP contribution is 2.04. The molecular weight excluding hydrogens is 206 g/mol. The third kappa shape index (κ3) is 4.82. The van der Waals surface area contributed by atoms with E-state index in [4.69, 9.17) is 10.5 Å². The van der Waals surface area contributed by atoms with Crippen LogP contribution in [0.15, 0.2) is 12.3 Å². The van der Waals surface area contributed by atoms with Crippen LogP contribution in [0.1, 0.15) is 32.6 Å². The number of hydrogen-bond donors (Lipinski definition) is 1. The molecule has 0 spiro atoms. The zero-order valence-corrected chi connectivity index (χ0v) is 9.69. The van der Waals surface area contributed by atoms with Crippen LogP contribution in [0.2, 0.25) is 0 Å². The molecule has 1 aromatic rings. The van der Waals surface area contributed by atoms with E-state index in [1.807, 2.05) is 17.8 Å². The molecule has 0 aliphatic rings. The van der Waals surface area contributed by atoms with E-state index in [-0.39, 0.29) is 5.97 Å². The fraction of sp³-hybridized carbons (Fsp3) is 0.636. The van der Waals surface area contributed by atoms with Crippen LogP contribution in [0.25, 0.3) is 0 Å². The number of esters is 1. The number of ether oxygens (including phenoxy) is 1. The number of carbonyl (C=O) groups is 1. The lowest BCUT2D eigenvalue weighted by atomic mass is 10.2. The molecule has 0 amide bonds. The Kier molecular flexibility index (Phi) is 5.39. The first-order chi connectivity index (χ1) is 7.72. The predicted octanol–water partition coefficient (Wildman–Crippen LogP) is 1.59. The molecule has 1 aromatic heterocycles. The van der Waals surface area contributed by atoms with E-state index < -0.39 is 0 Å². The van der Waals surface area contributed by atoms with Crippen LogP contribution in [-0.2, 0) is 16.1 Å². The van der Waals surface area contributed by atoms with Gasteiger partial charge in [-0.15, -0.1) is 0 Å². The molecule has 5 heteroatoms. The number of nitrogens with zero attached hydrogens (tertiary/aromatic N) is 2. The average molecular weight is 225 g/mol. The van der Waals surface area contributed by atoms with Gasteiger partial charge in [0.15, 0.2) is 0 Å². The van der Waals surface area contributed by atoms with Gasteiger partial charge in [-0.1, -0.05) is 6.42 Å². The summed E-state index contributed by atoms with van der Waals surface area (Å²) in [5, 5.41) is 4.08. The van der Waals surface area contributed by atoms with Crippen molar-refractivity contribution in [3.05, 3.63) is 12.3 Å². The maximum atomic E-state index is 11.0. The average Bonchev–Trinajstić information content (AvgIpc) is 2.64. The van der Waals surface area contributed by atoms with Crippen molar-refractivity contribution in [3.63, 3.8) is 0 Å². The molecule has 0 aliphatic heterocycles. The third-order valence-electron chi connectivity index (χ3n) is 2.23. The van der Waals surface area contributed by atoms with Crippen LogP contribution in [0.5, 0.6) is 0 Å². The lowest BCUT2D eigenvalue weighted by Gasteiger charge is -2.02. The number of aromatic nitrogens is 2.